The molecule has 5 rings (SSSR count). The Bertz CT molecular complexity index is 1070. The van der Waals surface area contributed by atoms with Crippen molar-refractivity contribution in [1.82, 2.24) is 18.2 Å². The molecule has 0 unspecified atom stereocenters. The van der Waals surface area contributed by atoms with Crippen LogP contribution in [-0.2, 0) is 30.3 Å². The zero-order chi connectivity index (χ0) is 24.3. The third-order valence-corrected chi connectivity index (χ3v) is 10.1. The van der Waals surface area contributed by atoms with E-state index in [1.165, 1.54) is 32.1 Å². The minimum Gasteiger partial charge on any atom is -0.361 e. The molecule has 35 heavy (non-hydrogen) atoms. The summed E-state index contributed by atoms with van der Waals surface area (Å²) in [6.07, 6.45) is 15.6. The normalized spacial score (nSPS) is 23.2. The Morgan fingerprint density at radius 3 is 2.40 bits per heavy atom. The summed E-state index contributed by atoms with van der Waals surface area (Å²) in [7, 11) is -1.52. The summed E-state index contributed by atoms with van der Waals surface area (Å²) in [5.41, 5.74) is 3.27. The Balaban J connectivity index is 1.47. The van der Waals surface area contributed by atoms with Gasteiger partial charge in [-0.25, -0.2) is 4.98 Å². The lowest BCUT2D eigenvalue weighted by Gasteiger charge is -2.35. The number of nitrogens with zero attached hydrogens (tertiary/aromatic N) is 5. The van der Waals surface area contributed by atoms with Crippen molar-refractivity contribution in [1.29, 1.82) is 0 Å². The molecule has 1 aromatic heterocycles. The van der Waals surface area contributed by atoms with Gasteiger partial charge in [-0.15, -0.1) is 0 Å². The highest BCUT2D eigenvalue weighted by molar-refractivity contribution is 7.86. The number of benzene rings is 1. The predicted molar refractivity (Wildman–Crippen MR) is 140 cm³/mol. The second-order valence-electron chi connectivity index (χ2n) is 10.8. The van der Waals surface area contributed by atoms with Gasteiger partial charge in [-0.2, -0.15) is 17.0 Å². The number of rotatable bonds is 7. The van der Waals surface area contributed by atoms with Crippen LogP contribution in [0.3, 0.4) is 0 Å². The van der Waals surface area contributed by atoms with Crippen LogP contribution in [0.2, 0.25) is 0 Å². The van der Waals surface area contributed by atoms with Gasteiger partial charge in [0.15, 0.2) is 0 Å². The molecule has 1 saturated carbocycles. The van der Waals surface area contributed by atoms with E-state index in [9.17, 15) is 8.42 Å². The van der Waals surface area contributed by atoms with Crippen LogP contribution in [0.4, 0.5) is 5.69 Å². The first kappa shape index (κ1) is 24.8. The minimum absolute atomic E-state index is 0.128. The quantitative estimate of drug-likeness (QED) is 0.554. The maximum absolute atomic E-state index is 13.9. The zero-order valence-electron chi connectivity index (χ0n) is 21.2. The third kappa shape index (κ3) is 5.75. The smallest absolute Gasteiger partial charge is 0.282 e. The van der Waals surface area contributed by atoms with Crippen molar-refractivity contribution in [3.63, 3.8) is 0 Å². The summed E-state index contributed by atoms with van der Waals surface area (Å²) in [4.78, 5) is 7.07. The Kier molecular flexibility index (Phi) is 7.80. The third-order valence-electron chi connectivity index (χ3n) is 8.19. The van der Waals surface area contributed by atoms with Gasteiger partial charge in [0.25, 0.3) is 10.2 Å². The Hall–Kier alpha value is -1.90. The lowest BCUT2D eigenvalue weighted by Crippen LogP contribution is -2.48. The highest BCUT2D eigenvalue weighted by Crippen LogP contribution is 2.35. The lowest BCUT2D eigenvalue weighted by molar-refractivity contribution is 0.312. The van der Waals surface area contributed by atoms with Crippen LogP contribution in [0.25, 0.3) is 0 Å². The molecule has 0 radical (unpaired) electrons. The average molecular weight is 500 g/mol. The molecule has 1 aliphatic carbocycles. The molecule has 0 bridgehead atoms. The first-order chi connectivity index (χ1) is 17.0. The van der Waals surface area contributed by atoms with Gasteiger partial charge >= 0.3 is 0 Å². The lowest BCUT2D eigenvalue weighted by atomic mass is 9.97. The van der Waals surface area contributed by atoms with Crippen LogP contribution < -0.4 is 4.90 Å². The number of hydrogen-bond donors (Lipinski definition) is 0. The van der Waals surface area contributed by atoms with Crippen molar-refractivity contribution in [3.05, 3.63) is 48.0 Å². The van der Waals surface area contributed by atoms with Gasteiger partial charge < -0.3 is 9.47 Å². The molecule has 1 atom stereocenters. The van der Waals surface area contributed by atoms with Crippen LogP contribution in [0.1, 0.15) is 75.5 Å². The average Bonchev–Trinajstić information content (AvgIpc) is 3.38. The Labute approximate surface area is 211 Å². The molecule has 1 aromatic carbocycles. The predicted octanol–water partition coefficient (Wildman–Crippen LogP) is 4.70. The molecule has 0 N–H and O–H groups in total. The fourth-order valence-electron chi connectivity index (χ4n) is 6.23. The number of fused-ring (bicyclic) bond motifs is 1. The molecule has 2 aromatic rings. The van der Waals surface area contributed by atoms with E-state index in [4.69, 9.17) is 0 Å². The van der Waals surface area contributed by atoms with Gasteiger partial charge in [0.1, 0.15) is 0 Å². The van der Waals surface area contributed by atoms with Crippen molar-refractivity contribution >= 4 is 15.9 Å². The number of imidazole rings is 1. The highest BCUT2D eigenvalue weighted by atomic mass is 32.2. The largest absolute Gasteiger partial charge is 0.361 e. The molecule has 8 heteroatoms. The zero-order valence-corrected chi connectivity index (χ0v) is 22.0. The Morgan fingerprint density at radius 1 is 0.943 bits per heavy atom. The van der Waals surface area contributed by atoms with Crippen molar-refractivity contribution in [2.24, 2.45) is 13.0 Å². The fourth-order valence-corrected chi connectivity index (χ4v) is 7.94. The Morgan fingerprint density at radius 2 is 1.69 bits per heavy atom. The summed E-state index contributed by atoms with van der Waals surface area (Å²) in [6, 6.07) is 8.52. The SMILES string of the molecule is Cn1cnc(CN2c3ccccc3CN(S(=O)(=O)N3CCCCCC3)C[C@@H]2CCC2CCCC2)c1. The van der Waals surface area contributed by atoms with Gasteiger partial charge in [-0.05, 0) is 43.2 Å². The number of aromatic nitrogens is 2. The first-order valence-electron chi connectivity index (χ1n) is 13.6. The van der Waals surface area contributed by atoms with E-state index >= 15 is 0 Å². The van der Waals surface area contributed by atoms with Crippen LogP contribution in [-0.4, -0.2) is 52.3 Å². The summed E-state index contributed by atoms with van der Waals surface area (Å²) in [5.74, 6) is 0.779. The number of aryl methyl sites for hydroxylation is 1. The molecule has 3 heterocycles. The van der Waals surface area contributed by atoms with Crippen molar-refractivity contribution in [2.75, 3.05) is 24.5 Å². The number of para-hydroxylation sites is 1. The maximum Gasteiger partial charge on any atom is 0.282 e. The van der Waals surface area contributed by atoms with E-state index in [0.717, 1.165) is 55.0 Å². The van der Waals surface area contributed by atoms with E-state index in [1.54, 1.807) is 8.61 Å². The molecule has 3 aliphatic rings. The molecular formula is C27H41N5O2S. The van der Waals surface area contributed by atoms with Gasteiger partial charge in [0.05, 0.1) is 18.6 Å². The first-order valence-corrected chi connectivity index (χ1v) is 15.0. The van der Waals surface area contributed by atoms with E-state index in [1.807, 2.05) is 24.0 Å². The summed E-state index contributed by atoms with van der Waals surface area (Å²) >= 11 is 0. The molecule has 0 amide bonds. The van der Waals surface area contributed by atoms with Crippen molar-refractivity contribution in [2.45, 2.75) is 83.3 Å². The number of anilines is 1. The molecule has 0 spiro atoms. The van der Waals surface area contributed by atoms with Crippen molar-refractivity contribution in [3.8, 4) is 0 Å². The van der Waals surface area contributed by atoms with Gasteiger partial charge in [0, 0.05) is 51.2 Å². The highest BCUT2D eigenvalue weighted by Gasteiger charge is 2.37. The molecule has 7 nitrogen and oxygen atoms in total. The van der Waals surface area contributed by atoms with E-state index in [0.29, 0.717) is 32.7 Å². The van der Waals surface area contributed by atoms with Crippen LogP contribution in [0, 0.1) is 5.92 Å². The van der Waals surface area contributed by atoms with Gasteiger partial charge in [-0.1, -0.05) is 56.7 Å². The summed E-state index contributed by atoms with van der Waals surface area (Å²) in [5, 5.41) is 0. The summed E-state index contributed by atoms with van der Waals surface area (Å²) < 4.78 is 33.4. The van der Waals surface area contributed by atoms with E-state index in [-0.39, 0.29) is 6.04 Å². The number of hydrogen-bond acceptors (Lipinski definition) is 4. The standard InChI is InChI=1S/C27H41N5O2S/c1-29-19-25(28-22-29)20-32-26(15-14-23-10-4-5-11-23)21-31(18-24-12-6-7-13-27(24)32)35(33,34)30-16-8-2-3-9-17-30/h6-7,12-13,19,22-23,26H,2-5,8-11,14-18,20-21H2,1H3/t26-/m0/s1. The molecular weight excluding hydrogens is 458 g/mol. The molecule has 2 fully saturated rings. The topological polar surface area (TPSA) is 61.7 Å². The molecule has 2 aliphatic heterocycles. The second kappa shape index (κ2) is 11.0. The van der Waals surface area contributed by atoms with Crippen LogP contribution in [0.5, 0.6) is 0 Å². The van der Waals surface area contributed by atoms with Crippen molar-refractivity contribution < 1.29 is 8.42 Å². The van der Waals surface area contributed by atoms with E-state index in [2.05, 4.69) is 34.3 Å². The van der Waals surface area contributed by atoms with Crippen LogP contribution in [0.15, 0.2) is 36.8 Å². The monoisotopic (exact) mass is 499 g/mol. The fraction of sp³-hybridized carbons (Fsp3) is 0.667. The maximum atomic E-state index is 13.9. The van der Waals surface area contributed by atoms with Gasteiger partial charge in [0.2, 0.25) is 0 Å². The molecule has 192 valence electrons. The van der Waals surface area contributed by atoms with Crippen LogP contribution >= 0.6 is 0 Å². The van der Waals surface area contributed by atoms with Gasteiger partial charge in [-0.3, -0.25) is 0 Å². The minimum atomic E-state index is -3.52. The summed E-state index contributed by atoms with van der Waals surface area (Å²) in [6.45, 7) is 2.96. The van der Waals surface area contributed by atoms with E-state index < -0.39 is 10.2 Å². The second-order valence-corrected chi connectivity index (χ2v) is 12.7. The molecule has 1 saturated heterocycles.